The van der Waals surface area contributed by atoms with Crippen molar-refractivity contribution in [2.24, 2.45) is 5.92 Å². The van der Waals surface area contributed by atoms with E-state index in [0.29, 0.717) is 17.8 Å². The zero-order chi connectivity index (χ0) is 44.0. The molecule has 3 aliphatic heterocycles. The van der Waals surface area contributed by atoms with Gasteiger partial charge in [-0.05, 0) is 30.2 Å². The van der Waals surface area contributed by atoms with E-state index in [4.69, 9.17) is 14.2 Å². The molecular weight excluding hydrogens is 796 g/mol. The van der Waals surface area contributed by atoms with E-state index in [1.165, 1.54) is 27.9 Å². The third kappa shape index (κ3) is 9.76. The van der Waals surface area contributed by atoms with E-state index < -0.39 is 83.9 Å². The molecular formula is C41H46N8O12. The second-order valence-electron chi connectivity index (χ2n) is 14.8. The number of alkyl carbamates (subject to hydrolysis) is 1. The standard InChI is InChI=1S/C41H46N8O12/c1-21-34(37(56)33-27(20-60-23(3)51)41(59-4)38-29(47-38)18-49(41)35(33)36(21)55)48-40(58)61-19-25-10-12-26(13-11-25)45-31(53)17-44-39(57)28(14-24-8-6-5-7-9-24)46-32(54)16-43-30(52)15-42-22(2)50/h5-13,27-29,38,47H,14-20H2,1-4H3,(H,42,50)(H,43,52)(H,44,57)(H,45,53)(H,46,54)(H,48,58)/t27-,28+,29+,38+,41-/m1/s1. The van der Waals surface area contributed by atoms with Crippen molar-refractivity contribution in [2.45, 2.75) is 57.6 Å². The van der Waals surface area contributed by atoms with Crippen LogP contribution in [0.4, 0.5) is 10.5 Å². The van der Waals surface area contributed by atoms with Crippen molar-refractivity contribution < 1.29 is 57.4 Å². The van der Waals surface area contributed by atoms with Gasteiger partial charge in [0.1, 0.15) is 19.3 Å². The number of hydrogen-bond acceptors (Lipinski definition) is 14. The average Bonchev–Trinajstić information content (AvgIpc) is 3.85. The number of carbonyl (C=O) groups is 9. The number of anilines is 1. The van der Waals surface area contributed by atoms with E-state index in [1.54, 1.807) is 59.5 Å². The van der Waals surface area contributed by atoms with Gasteiger partial charge >= 0.3 is 12.1 Å². The SMILES string of the molecule is CO[C@@]12[C@H](COC(C)=O)C3=C(C(=O)C(C)=C(NC(=O)OCc4ccc(NC(=O)CNC(=O)[C@H](Cc5ccccc5)NC(=O)CNC(=O)CNC(C)=O)cc4)C3=O)N1C[C@@H]1N[C@@H]12. The minimum atomic E-state index is -1.13. The summed E-state index contributed by atoms with van der Waals surface area (Å²) in [6.07, 6.45) is -0.905. The van der Waals surface area contributed by atoms with E-state index >= 15 is 0 Å². The zero-order valence-electron chi connectivity index (χ0n) is 33.8. The number of piperazine rings is 1. The monoisotopic (exact) mass is 842 g/mol. The van der Waals surface area contributed by atoms with Gasteiger partial charge in [-0.2, -0.15) is 0 Å². The Labute approximate surface area is 349 Å². The van der Waals surface area contributed by atoms with Crippen LogP contribution >= 0.6 is 0 Å². The number of fused-ring (bicyclic) bond motifs is 4. The summed E-state index contributed by atoms with van der Waals surface area (Å²) in [5.74, 6) is -5.36. The molecule has 61 heavy (non-hydrogen) atoms. The van der Waals surface area contributed by atoms with Crippen LogP contribution in [0, 0.1) is 5.92 Å². The molecule has 0 aromatic heterocycles. The summed E-state index contributed by atoms with van der Waals surface area (Å²) in [6, 6.07) is 13.8. The summed E-state index contributed by atoms with van der Waals surface area (Å²) in [4.78, 5) is 116. The number of nitrogens with zero attached hydrogens (tertiary/aromatic N) is 1. The Morgan fingerprint density at radius 1 is 0.820 bits per heavy atom. The molecule has 0 radical (unpaired) electrons. The predicted octanol–water partition coefficient (Wildman–Crippen LogP) is -1.18. The molecule has 2 fully saturated rings. The first-order valence-corrected chi connectivity index (χ1v) is 19.3. The van der Waals surface area contributed by atoms with Gasteiger partial charge in [-0.25, -0.2) is 4.79 Å². The molecule has 2 aromatic rings. The molecule has 7 N–H and O–H groups in total. The van der Waals surface area contributed by atoms with Crippen molar-refractivity contribution in [1.82, 2.24) is 36.8 Å². The number of ketones is 2. The van der Waals surface area contributed by atoms with Gasteiger partial charge < -0.3 is 51.0 Å². The number of carbonyl (C=O) groups excluding carboxylic acids is 9. The number of Topliss-reactive ketones (excluding diaryl/α,β-unsaturated/α-hetero) is 2. The van der Waals surface area contributed by atoms with Crippen LogP contribution < -0.4 is 37.2 Å². The number of benzene rings is 2. The molecule has 0 unspecified atom stereocenters. The number of esters is 1. The summed E-state index contributed by atoms with van der Waals surface area (Å²) >= 11 is 0. The highest BCUT2D eigenvalue weighted by atomic mass is 16.6. The third-order valence-electron chi connectivity index (χ3n) is 10.6. The maximum Gasteiger partial charge on any atom is 0.412 e. The zero-order valence-corrected chi connectivity index (χ0v) is 33.8. The van der Waals surface area contributed by atoms with Crippen molar-refractivity contribution in [3.63, 3.8) is 0 Å². The summed E-state index contributed by atoms with van der Waals surface area (Å²) in [7, 11) is 1.48. The van der Waals surface area contributed by atoms with Crippen LogP contribution in [0.2, 0.25) is 0 Å². The fraction of sp³-hybridized carbons (Fsp3) is 0.390. The molecule has 1 aliphatic carbocycles. The summed E-state index contributed by atoms with van der Waals surface area (Å²) in [6.45, 7) is 2.67. The third-order valence-corrected chi connectivity index (χ3v) is 10.6. The van der Waals surface area contributed by atoms with Crippen LogP contribution in [-0.2, 0) is 65.6 Å². The van der Waals surface area contributed by atoms with E-state index in [2.05, 4.69) is 37.2 Å². The number of hydrogen-bond donors (Lipinski definition) is 7. The molecule has 20 nitrogen and oxygen atoms in total. The number of rotatable bonds is 17. The first-order valence-electron chi connectivity index (χ1n) is 19.3. The molecule has 2 aromatic carbocycles. The van der Waals surface area contributed by atoms with Crippen LogP contribution in [0.5, 0.6) is 0 Å². The van der Waals surface area contributed by atoms with Crippen LogP contribution in [0.15, 0.2) is 77.1 Å². The smallest absolute Gasteiger partial charge is 0.412 e. The largest absolute Gasteiger partial charge is 0.465 e. The van der Waals surface area contributed by atoms with Crippen LogP contribution in [0.3, 0.4) is 0 Å². The summed E-state index contributed by atoms with van der Waals surface area (Å²) < 4.78 is 16.7. The van der Waals surface area contributed by atoms with Gasteiger partial charge in [0.2, 0.25) is 41.1 Å². The van der Waals surface area contributed by atoms with Crippen LogP contribution in [0.25, 0.3) is 0 Å². The number of allylic oxidation sites excluding steroid dienone is 2. The molecule has 0 bridgehead atoms. The Morgan fingerprint density at radius 3 is 2.18 bits per heavy atom. The highest BCUT2D eigenvalue weighted by Crippen LogP contribution is 2.55. The van der Waals surface area contributed by atoms with Gasteiger partial charge in [0.25, 0.3) is 0 Å². The molecule has 4 aliphatic rings. The highest BCUT2D eigenvalue weighted by Gasteiger charge is 2.72. The average molecular weight is 843 g/mol. The first kappa shape index (κ1) is 43.6. The van der Waals surface area contributed by atoms with Crippen molar-refractivity contribution in [3.8, 4) is 0 Å². The van der Waals surface area contributed by atoms with E-state index in [9.17, 15) is 43.2 Å². The Morgan fingerprint density at radius 2 is 1.51 bits per heavy atom. The lowest BCUT2D eigenvalue weighted by atomic mass is 9.82. The summed E-state index contributed by atoms with van der Waals surface area (Å²) in [5, 5.41) is 18.1. The van der Waals surface area contributed by atoms with E-state index in [0.717, 1.165) is 5.56 Å². The minimum Gasteiger partial charge on any atom is -0.465 e. The number of nitrogens with one attached hydrogen (secondary N) is 7. The second kappa shape index (κ2) is 18.6. The van der Waals surface area contributed by atoms with Crippen molar-refractivity contribution in [3.05, 3.63) is 88.3 Å². The molecule has 6 amide bonds. The normalized spacial score (nSPS) is 21.3. The molecule has 3 heterocycles. The maximum absolute atomic E-state index is 14.0. The van der Waals surface area contributed by atoms with Gasteiger partial charge in [-0.15, -0.1) is 0 Å². The Kier molecular flexibility index (Phi) is 13.3. The van der Waals surface area contributed by atoms with Gasteiger partial charge in [0.15, 0.2) is 5.72 Å². The molecule has 322 valence electrons. The van der Waals surface area contributed by atoms with Gasteiger partial charge in [0, 0.05) is 56.8 Å². The van der Waals surface area contributed by atoms with Gasteiger partial charge in [-0.3, -0.25) is 43.7 Å². The second-order valence-corrected chi connectivity index (χ2v) is 14.8. The number of ether oxygens (including phenoxy) is 3. The van der Waals surface area contributed by atoms with Crippen LogP contribution in [0.1, 0.15) is 31.9 Å². The van der Waals surface area contributed by atoms with Crippen molar-refractivity contribution >= 4 is 58.9 Å². The minimum absolute atomic E-state index is 0.0155. The van der Waals surface area contributed by atoms with Crippen molar-refractivity contribution in [2.75, 3.05) is 45.2 Å². The molecule has 0 saturated carbocycles. The van der Waals surface area contributed by atoms with Gasteiger partial charge in [0.05, 0.1) is 43.0 Å². The topological polar surface area (TPSA) is 279 Å². The first-order chi connectivity index (χ1) is 29.1. The van der Waals surface area contributed by atoms with E-state index in [-0.39, 0.29) is 60.8 Å². The van der Waals surface area contributed by atoms with Crippen LogP contribution in [-0.4, -0.2) is 122 Å². The lowest BCUT2D eigenvalue weighted by molar-refractivity contribution is -0.156. The fourth-order valence-electron chi connectivity index (χ4n) is 7.69. The molecule has 20 heteroatoms. The maximum atomic E-state index is 14.0. The quantitative estimate of drug-likeness (QED) is 0.0561. The number of methoxy groups -OCH3 is 1. The lowest BCUT2D eigenvalue weighted by Gasteiger charge is -2.39. The predicted molar refractivity (Wildman–Crippen MR) is 212 cm³/mol. The summed E-state index contributed by atoms with van der Waals surface area (Å²) in [5.41, 5.74) is 0.497. The fourth-order valence-corrected chi connectivity index (χ4v) is 7.69. The Balaban J connectivity index is 0.991. The van der Waals surface area contributed by atoms with E-state index in [1.807, 2.05) is 0 Å². The number of amides is 6. The molecule has 6 rings (SSSR count). The van der Waals surface area contributed by atoms with Gasteiger partial charge in [-0.1, -0.05) is 42.5 Å². The Bertz CT molecular complexity index is 2210. The Hall–Kier alpha value is -6.93. The molecule has 2 saturated heterocycles. The molecule has 0 spiro atoms. The highest BCUT2D eigenvalue weighted by molar-refractivity contribution is 6.26. The molecule has 5 atom stereocenters. The van der Waals surface area contributed by atoms with Crippen molar-refractivity contribution in [1.29, 1.82) is 0 Å². The lowest BCUT2D eigenvalue weighted by Crippen LogP contribution is -2.55.